The van der Waals surface area contributed by atoms with E-state index >= 15 is 0 Å². The number of carboxylic acid groups (broad SMARTS) is 2. The molecule has 0 saturated carbocycles. The van der Waals surface area contributed by atoms with Gasteiger partial charge in [-0.3, -0.25) is 4.79 Å². The number of carboxylic acids is 2. The van der Waals surface area contributed by atoms with E-state index < -0.39 is 24.0 Å². The summed E-state index contributed by atoms with van der Waals surface area (Å²) in [5.41, 5.74) is 0. The molecule has 14 heavy (non-hydrogen) atoms. The van der Waals surface area contributed by atoms with Crippen LogP contribution < -0.4 is 88.7 Å². The summed E-state index contributed by atoms with van der Waals surface area (Å²) >= 11 is 0. The Kier molecular flexibility index (Phi) is 21.9. The number of carbonyl (C=O) groups excluding carboxylic acids is 1. The number of esters is 1. The van der Waals surface area contributed by atoms with E-state index in [4.69, 9.17) is 10.2 Å². The molecule has 0 aliphatic carbocycles. The van der Waals surface area contributed by atoms with Crippen molar-refractivity contribution in [2.75, 3.05) is 0 Å². The SMILES string of the molecule is CC(=O)OC(C(=O)O)C(=O)O.[H-].[H-].[H-].[Na+].[Na+].[Na+]. The fourth-order valence-electron chi connectivity index (χ4n) is 0.372. The van der Waals surface area contributed by atoms with E-state index in [-0.39, 0.29) is 93.0 Å². The van der Waals surface area contributed by atoms with Gasteiger partial charge in [-0.25, -0.2) is 9.59 Å². The Hall–Kier alpha value is 1.41. The van der Waals surface area contributed by atoms with E-state index in [0.717, 1.165) is 6.92 Å². The molecule has 0 saturated heterocycles. The number of aliphatic carboxylic acids is 2. The van der Waals surface area contributed by atoms with Crippen molar-refractivity contribution < 1.29 is 122 Å². The monoisotopic (exact) mass is 234 g/mol. The van der Waals surface area contributed by atoms with Crippen LogP contribution in [0, 0.1) is 0 Å². The van der Waals surface area contributed by atoms with Gasteiger partial charge in [-0.15, -0.1) is 0 Å². The fraction of sp³-hybridized carbons (Fsp3) is 0.400. The topological polar surface area (TPSA) is 101 Å². The molecule has 0 aliphatic heterocycles. The van der Waals surface area contributed by atoms with Crippen LogP contribution >= 0.6 is 0 Å². The number of rotatable bonds is 3. The summed E-state index contributed by atoms with van der Waals surface area (Å²) in [7, 11) is 0. The summed E-state index contributed by atoms with van der Waals surface area (Å²) in [6.45, 7) is 0.929. The van der Waals surface area contributed by atoms with Gasteiger partial charge >= 0.3 is 107 Å². The average Bonchev–Trinajstić information content (AvgIpc) is 1.81. The summed E-state index contributed by atoms with van der Waals surface area (Å²) < 4.78 is 3.94. The van der Waals surface area contributed by atoms with Crippen molar-refractivity contribution in [1.29, 1.82) is 0 Å². The Labute approximate surface area is 151 Å². The maximum atomic E-state index is 10.1. The Morgan fingerprint density at radius 3 is 1.43 bits per heavy atom. The van der Waals surface area contributed by atoms with Gasteiger partial charge in [-0.05, 0) is 0 Å². The van der Waals surface area contributed by atoms with Gasteiger partial charge in [0, 0.05) is 6.92 Å². The molecule has 0 fully saturated rings. The van der Waals surface area contributed by atoms with Crippen LogP contribution in [0.2, 0.25) is 0 Å². The third kappa shape index (κ3) is 11.5. The van der Waals surface area contributed by atoms with E-state index in [1.807, 2.05) is 0 Å². The fourth-order valence-corrected chi connectivity index (χ4v) is 0.372. The van der Waals surface area contributed by atoms with Crippen molar-refractivity contribution in [2.24, 2.45) is 0 Å². The predicted octanol–water partition coefficient (Wildman–Crippen LogP) is -9.56. The van der Waals surface area contributed by atoms with Gasteiger partial charge in [0.05, 0.1) is 0 Å². The molecule has 0 spiro atoms. The molecule has 68 valence electrons. The molecule has 0 radical (unpaired) electrons. The predicted molar refractivity (Wildman–Crippen MR) is 34.2 cm³/mol. The van der Waals surface area contributed by atoms with E-state index in [9.17, 15) is 14.4 Å². The van der Waals surface area contributed by atoms with Gasteiger partial charge in [-0.2, -0.15) is 0 Å². The molecule has 2 N–H and O–H groups in total. The molecule has 0 aromatic rings. The van der Waals surface area contributed by atoms with E-state index in [2.05, 4.69) is 4.74 Å². The number of hydrogen-bond donors (Lipinski definition) is 2. The first kappa shape index (κ1) is 24.6. The second-order valence-electron chi connectivity index (χ2n) is 1.67. The minimum absolute atomic E-state index is 0. The summed E-state index contributed by atoms with van der Waals surface area (Å²) in [6, 6.07) is 0. The van der Waals surface area contributed by atoms with Crippen molar-refractivity contribution in [3.63, 3.8) is 0 Å². The standard InChI is InChI=1S/C5H6O6.3Na.3H/c1-2(6)11-3(4(7)8)5(9)10;;;;;;/h3H,1H3,(H,7,8)(H,9,10);;;;;;/q;3*+1;3*-1. The van der Waals surface area contributed by atoms with Crippen LogP contribution in [0.5, 0.6) is 0 Å². The van der Waals surface area contributed by atoms with Crippen LogP contribution in [-0.4, -0.2) is 34.2 Å². The zero-order chi connectivity index (χ0) is 9.02. The molecule has 0 aromatic heterocycles. The van der Waals surface area contributed by atoms with Crippen LogP contribution in [0.3, 0.4) is 0 Å². The zero-order valence-corrected chi connectivity index (χ0v) is 14.6. The Balaban J connectivity index is -0.0000000333. The van der Waals surface area contributed by atoms with Crippen molar-refractivity contribution in [1.82, 2.24) is 0 Å². The molecule has 0 aliphatic rings. The molecule has 0 rings (SSSR count). The van der Waals surface area contributed by atoms with Crippen molar-refractivity contribution in [3.05, 3.63) is 0 Å². The molecular formula is C5H9Na3O6. The third-order valence-electron chi connectivity index (χ3n) is 0.732. The van der Waals surface area contributed by atoms with Crippen LogP contribution in [0.4, 0.5) is 0 Å². The first-order chi connectivity index (χ1) is 4.95. The summed E-state index contributed by atoms with van der Waals surface area (Å²) in [6.07, 6.45) is -2.10. The maximum Gasteiger partial charge on any atom is 1.00 e. The number of hydrogen-bond acceptors (Lipinski definition) is 4. The quantitative estimate of drug-likeness (QED) is 0.285. The van der Waals surface area contributed by atoms with E-state index in [1.54, 1.807) is 0 Å². The average molecular weight is 234 g/mol. The first-order valence-electron chi connectivity index (χ1n) is 2.58. The van der Waals surface area contributed by atoms with Gasteiger partial charge < -0.3 is 19.2 Å². The second kappa shape index (κ2) is 12.5. The normalized spacial score (nSPS) is 7.29. The van der Waals surface area contributed by atoms with Crippen LogP contribution in [-0.2, 0) is 19.1 Å². The number of ether oxygens (including phenoxy) is 1. The Bertz CT molecular complexity index is 203. The second-order valence-corrected chi connectivity index (χ2v) is 1.67. The molecule has 0 unspecified atom stereocenters. The van der Waals surface area contributed by atoms with Gasteiger partial charge in [0.15, 0.2) is 0 Å². The summed E-state index contributed by atoms with van der Waals surface area (Å²) in [5, 5.41) is 16.3. The van der Waals surface area contributed by atoms with Gasteiger partial charge in [-0.1, -0.05) is 0 Å². The minimum Gasteiger partial charge on any atom is -1.00 e. The molecule has 0 bridgehead atoms. The molecule has 9 heteroatoms. The van der Waals surface area contributed by atoms with Crippen LogP contribution in [0.25, 0.3) is 0 Å². The molecule has 6 nitrogen and oxygen atoms in total. The number of carbonyl (C=O) groups is 3. The van der Waals surface area contributed by atoms with E-state index in [1.165, 1.54) is 0 Å². The minimum atomic E-state index is -2.10. The first-order valence-corrected chi connectivity index (χ1v) is 2.58. The van der Waals surface area contributed by atoms with E-state index in [0.29, 0.717) is 0 Å². The molecular weight excluding hydrogens is 225 g/mol. The smallest absolute Gasteiger partial charge is 1.00 e. The van der Waals surface area contributed by atoms with Gasteiger partial charge in [0.25, 0.3) is 6.10 Å². The van der Waals surface area contributed by atoms with Crippen molar-refractivity contribution in [3.8, 4) is 0 Å². The van der Waals surface area contributed by atoms with Crippen LogP contribution in [0.1, 0.15) is 11.2 Å². The molecule has 0 amide bonds. The zero-order valence-electron chi connectivity index (χ0n) is 11.6. The molecule has 0 aromatic carbocycles. The van der Waals surface area contributed by atoms with Crippen molar-refractivity contribution >= 4 is 17.9 Å². The maximum absolute atomic E-state index is 10.1. The largest absolute Gasteiger partial charge is 1.00 e. The summed E-state index contributed by atoms with van der Waals surface area (Å²) in [4.78, 5) is 30.2. The summed E-state index contributed by atoms with van der Waals surface area (Å²) in [5.74, 6) is -4.35. The van der Waals surface area contributed by atoms with Gasteiger partial charge in [0.1, 0.15) is 0 Å². The molecule has 0 heterocycles. The molecule has 0 atom stereocenters. The van der Waals surface area contributed by atoms with Gasteiger partial charge in [0.2, 0.25) is 0 Å². The Morgan fingerprint density at radius 1 is 1.07 bits per heavy atom. The third-order valence-corrected chi connectivity index (χ3v) is 0.732. The Morgan fingerprint density at radius 2 is 1.36 bits per heavy atom. The van der Waals surface area contributed by atoms with Crippen LogP contribution in [0.15, 0.2) is 0 Å². The van der Waals surface area contributed by atoms with Crippen molar-refractivity contribution in [2.45, 2.75) is 13.0 Å².